The van der Waals surface area contributed by atoms with Gasteiger partial charge in [0.05, 0.1) is 19.9 Å². The van der Waals surface area contributed by atoms with E-state index in [1.165, 1.54) is 31.4 Å². The number of ether oxygens (including phenoxy) is 2. The third-order valence-corrected chi connectivity index (χ3v) is 8.34. The summed E-state index contributed by atoms with van der Waals surface area (Å²) >= 11 is 0. The normalized spacial score (nSPS) is 26.9. The number of benzene rings is 1. The van der Waals surface area contributed by atoms with E-state index in [9.17, 15) is 4.79 Å². The van der Waals surface area contributed by atoms with Crippen LogP contribution >= 0.6 is 0 Å². The van der Waals surface area contributed by atoms with Crippen LogP contribution in [-0.2, 0) is 11.8 Å². The van der Waals surface area contributed by atoms with Crippen molar-refractivity contribution in [3.8, 4) is 22.8 Å². The Balaban J connectivity index is 1.25. The van der Waals surface area contributed by atoms with Crippen LogP contribution in [0.15, 0.2) is 24.3 Å². The molecular weight excluding hydrogens is 428 g/mol. The number of methoxy groups -OCH3 is 2. The molecule has 2 bridgehead atoms. The Hall–Kier alpha value is -2.54. The SMILES string of the molecule is COc1ccc(-c2cc([C@H]3CN4CC[C@H]3C[C@@H]4CNC(=O)C3CCCCC3)n(C)n2)cc1OC. The lowest BCUT2D eigenvalue weighted by Crippen LogP contribution is -2.56. The van der Waals surface area contributed by atoms with Crippen molar-refractivity contribution in [1.29, 1.82) is 0 Å². The molecule has 3 saturated heterocycles. The summed E-state index contributed by atoms with van der Waals surface area (Å²) < 4.78 is 12.9. The first-order valence-electron chi connectivity index (χ1n) is 12.9. The molecule has 4 aliphatic rings. The van der Waals surface area contributed by atoms with Crippen molar-refractivity contribution in [2.75, 3.05) is 33.9 Å². The van der Waals surface area contributed by atoms with E-state index in [1.807, 2.05) is 18.2 Å². The van der Waals surface area contributed by atoms with Gasteiger partial charge in [-0.25, -0.2) is 0 Å². The molecule has 1 saturated carbocycles. The maximum absolute atomic E-state index is 12.6. The van der Waals surface area contributed by atoms with E-state index in [4.69, 9.17) is 14.6 Å². The van der Waals surface area contributed by atoms with Gasteiger partial charge in [-0.1, -0.05) is 19.3 Å². The minimum atomic E-state index is 0.238. The standard InChI is InChI=1S/C27H38N4O3/c1-30-24(15-23(29-30)20-9-10-25(33-2)26(14-20)34-3)22-17-31-12-11-19(22)13-21(31)16-28-27(32)18-7-5-4-6-8-18/h9-10,14-15,18-19,21-22H,4-8,11-13,16-17H2,1-3H3,(H,28,32)/t19-,21+,22-/m0/s1. The first-order chi connectivity index (χ1) is 16.6. The fourth-order valence-electron chi connectivity index (χ4n) is 6.38. The summed E-state index contributed by atoms with van der Waals surface area (Å²) in [6.07, 6.45) is 8.18. The molecule has 184 valence electrons. The molecule has 1 N–H and O–H groups in total. The first-order valence-corrected chi connectivity index (χ1v) is 12.9. The summed E-state index contributed by atoms with van der Waals surface area (Å²) in [5.74, 6) is 3.07. The maximum atomic E-state index is 12.6. The average Bonchev–Trinajstić information content (AvgIpc) is 3.29. The Bertz CT molecular complexity index is 1010. The van der Waals surface area contributed by atoms with Crippen molar-refractivity contribution in [1.82, 2.24) is 20.0 Å². The number of carbonyl (C=O) groups excluding carboxylic acids is 1. The Kier molecular flexibility index (Phi) is 6.82. The minimum absolute atomic E-state index is 0.238. The number of fused-ring (bicyclic) bond motifs is 3. The lowest BCUT2D eigenvalue weighted by molar-refractivity contribution is -0.126. The topological polar surface area (TPSA) is 68.6 Å². The first kappa shape index (κ1) is 23.2. The van der Waals surface area contributed by atoms with Crippen molar-refractivity contribution in [3.63, 3.8) is 0 Å². The van der Waals surface area contributed by atoms with Crippen LogP contribution in [0.1, 0.15) is 56.6 Å². The van der Waals surface area contributed by atoms with Crippen molar-refractivity contribution in [3.05, 3.63) is 30.0 Å². The molecule has 1 amide bonds. The molecule has 1 aromatic carbocycles. The van der Waals surface area contributed by atoms with E-state index < -0.39 is 0 Å². The van der Waals surface area contributed by atoms with Crippen molar-refractivity contribution in [2.45, 2.75) is 56.9 Å². The van der Waals surface area contributed by atoms with Gasteiger partial charge in [0.25, 0.3) is 0 Å². The smallest absolute Gasteiger partial charge is 0.223 e. The Morgan fingerprint density at radius 1 is 1.09 bits per heavy atom. The molecule has 2 aromatic rings. The zero-order chi connectivity index (χ0) is 23.7. The quantitative estimate of drug-likeness (QED) is 0.669. The van der Waals surface area contributed by atoms with Gasteiger partial charge >= 0.3 is 0 Å². The number of hydrogen-bond acceptors (Lipinski definition) is 5. The van der Waals surface area contributed by atoms with Crippen LogP contribution in [-0.4, -0.2) is 60.5 Å². The number of carbonyl (C=O) groups is 1. The molecule has 4 heterocycles. The number of rotatable bonds is 7. The van der Waals surface area contributed by atoms with Crippen LogP contribution < -0.4 is 14.8 Å². The van der Waals surface area contributed by atoms with Gasteiger partial charge in [0.1, 0.15) is 0 Å². The number of aryl methyl sites for hydroxylation is 1. The van der Waals surface area contributed by atoms with E-state index in [0.717, 1.165) is 55.9 Å². The van der Waals surface area contributed by atoms with Gasteiger partial charge in [0.15, 0.2) is 11.5 Å². The molecule has 4 atom stereocenters. The van der Waals surface area contributed by atoms with Gasteiger partial charge in [-0.15, -0.1) is 0 Å². The van der Waals surface area contributed by atoms with Gasteiger partial charge in [-0.2, -0.15) is 5.10 Å². The summed E-state index contributed by atoms with van der Waals surface area (Å²) in [6, 6.07) is 8.67. The third-order valence-electron chi connectivity index (χ3n) is 8.34. The number of hydrogen-bond donors (Lipinski definition) is 1. The summed E-state index contributed by atoms with van der Waals surface area (Å²) in [5, 5.41) is 8.14. The highest BCUT2D eigenvalue weighted by atomic mass is 16.5. The van der Waals surface area contributed by atoms with E-state index in [2.05, 4.69) is 28.0 Å². The van der Waals surface area contributed by atoms with E-state index in [0.29, 0.717) is 23.6 Å². The maximum Gasteiger partial charge on any atom is 0.223 e. The molecule has 1 unspecified atom stereocenters. The van der Waals surface area contributed by atoms with Crippen LogP contribution in [0.5, 0.6) is 11.5 Å². The van der Waals surface area contributed by atoms with E-state index >= 15 is 0 Å². The Morgan fingerprint density at radius 2 is 1.88 bits per heavy atom. The summed E-state index contributed by atoms with van der Waals surface area (Å²) in [5.41, 5.74) is 3.29. The third kappa shape index (κ3) is 4.54. The molecule has 0 radical (unpaired) electrons. The van der Waals surface area contributed by atoms with Crippen LogP contribution in [0.25, 0.3) is 11.3 Å². The second-order valence-electron chi connectivity index (χ2n) is 10.3. The highest BCUT2D eigenvalue weighted by Crippen LogP contribution is 2.42. The molecule has 4 fully saturated rings. The lowest BCUT2D eigenvalue weighted by atomic mass is 9.74. The Labute approximate surface area is 202 Å². The Morgan fingerprint density at radius 3 is 2.59 bits per heavy atom. The molecule has 7 heteroatoms. The van der Waals surface area contributed by atoms with Gasteiger partial charge in [0, 0.05) is 49.3 Å². The zero-order valence-electron chi connectivity index (χ0n) is 20.8. The van der Waals surface area contributed by atoms with Crippen LogP contribution in [0, 0.1) is 11.8 Å². The second kappa shape index (κ2) is 9.98. The molecule has 6 rings (SSSR count). The molecule has 3 aliphatic heterocycles. The lowest BCUT2D eigenvalue weighted by Gasteiger charge is -2.50. The molecule has 1 aliphatic carbocycles. The second-order valence-corrected chi connectivity index (χ2v) is 10.3. The van der Waals surface area contributed by atoms with Crippen molar-refractivity contribution < 1.29 is 14.3 Å². The molecule has 34 heavy (non-hydrogen) atoms. The number of piperidine rings is 3. The summed E-state index contributed by atoms with van der Waals surface area (Å²) in [4.78, 5) is 15.2. The summed E-state index contributed by atoms with van der Waals surface area (Å²) in [7, 11) is 5.37. The fraction of sp³-hybridized carbons (Fsp3) is 0.630. The van der Waals surface area contributed by atoms with Crippen molar-refractivity contribution >= 4 is 5.91 Å². The van der Waals surface area contributed by atoms with Gasteiger partial charge in [0.2, 0.25) is 5.91 Å². The molecular formula is C27H38N4O3. The molecule has 1 aromatic heterocycles. The van der Waals surface area contributed by atoms with Gasteiger partial charge in [-0.3, -0.25) is 14.4 Å². The fourth-order valence-corrected chi connectivity index (χ4v) is 6.38. The largest absolute Gasteiger partial charge is 0.493 e. The van der Waals surface area contributed by atoms with Crippen molar-refractivity contribution in [2.24, 2.45) is 18.9 Å². The number of nitrogens with one attached hydrogen (secondary N) is 1. The number of aromatic nitrogens is 2. The van der Waals surface area contributed by atoms with Gasteiger partial charge in [-0.05, 0) is 62.4 Å². The summed E-state index contributed by atoms with van der Waals surface area (Å²) in [6.45, 7) is 2.96. The van der Waals surface area contributed by atoms with E-state index in [-0.39, 0.29) is 11.8 Å². The monoisotopic (exact) mass is 466 g/mol. The predicted octanol–water partition coefficient (Wildman–Crippen LogP) is 3.98. The highest BCUT2D eigenvalue weighted by Gasteiger charge is 2.42. The van der Waals surface area contributed by atoms with Crippen LogP contribution in [0.2, 0.25) is 0 Å². The molecule has 7 nitrogen and oxygen atoms in total. The van der Waals surface area contributed by atoms with Crippen LogP contribution in [0.4, 0.5) is 0 Å². The number of nitrogens with zero attached hydrogens (tertiary/aromatic N) is 3. The van der Waals surface area contributed by atoms with Gasteiger partial charge < -0.3 is 14.8 Å². The zero-order valence-corrected chi connectivity index (χ0v) is 20.8. The highest BCUT2D eigenvalue weighted by molar-refractivity contribution is 5.78. The molecule has 0 spiro atoms. The predicted molar refractivity (Wildman–Crippen MR) is 132 cm³/mol. The average molecular weight is 467 g/mol. The van der Waals surface area contributed by atoms with E-state index in [1.54, 1.807) is 14.2 Å². The number of amides is 1. The van der Waals surface area contributed by atoms with Crippen LogP contribution in [0.3, 0.4) is 0 Å². The minimum Gasteiger partial charge on any atom is -0.493 e.